The van der Waals surface area contributed by atoms with Crippen LogP contribution in [-0.4, -0.2) is 22.5 Å². The summed E-state index contributed by atoms with van der Waals surface area (Å²) in [5, 5.41) is 10.8. The number of carbonyl (C=O) groups is 1. The number of hydrogen-bond donors (Lipinski definition) is 0. The first kappa shape index (κ1) is 17.3. The maximum Gasteiger partial charge on any atom is 0.361 e. The van der Waals surface area contributed by atoms with Crippen molar-refractivity contribution in [1.29, 1.82) is 0 Å². The summed E-state index contributed by atoms with van der Waals surface area (Å²) >= 11 is 0. The van der Waals surface area contributed by atoms with E-state index in [1.165, 1.54) is 48.5 Å². The van der Waals surface area contributed by atoms with Crippen molar-refractivity contribution in [1.82, 2.24) is 4.98 Å². The summed E-state index contributed by atoms with van der Waals surface area (Å²) in [4.78, 5) is 26.6. The van der Waals surface area contributed by atoms with Crippen LogP contribution >= 0.6 is 0 Å². The number of ether oxygens (including phenoxy) is 1. The lowest BCUT2D eigenvalue weighted by molar-refractivity contribution is -0.384. The standard InChI is InChI=1S/C18H13FN2O5/c1-2-25-18(22)15-16(11-5-9-14(10-6-11)21(23)24)26-17(20-15)12-3-7-13(19)8-4-12/h3-10H,2H2,1H3. The number of hydrogen-bond acceptors (Lipinski definition) is 6. The first-order valence-corrected chi connectivity index (χ1v) is 7.68. The van der Waals surface area contributed by atoms with E-state index in [2.05, 4.69) is 4.98 Å². The first-order valence-electron chi connectivity index (χ1n) is 7.68. The molecule has 2 aromatic carbocycles. The molecule has 132 valence electrons. The number of oxazole rings is 1. The Balaban J connectivity index is 2.08. The molecule has 3 rings (SSSR count). The van der Waals surface area contributed by atoms with Crippen LogP contribution in [0.5, 0.6) is 0 Å². The van der Waals surface area contributed by atoms with Gasteiger partial charge in [0.2, 0.25) is 5.89 Å². The number of nitro groups is 1. The van der Waals surface area contributed by atoms with Crippen LogP contribution in [0.4, 0.5) is 10.1 Å². The second kappa shape index (κ2) is 7.14. The van der Waals surface area contributed by atoms with Crippen molar-refractivity contribution >= 4 is 11.7 Å². The maximum absolute atomic E-state index is 13.1. The summed E-state index contributed by atoms with van der Waals surface area (Å²) in [6.07, 6.45) is 0. The van der Waals surface area contributed by atoms with E-state index in [9.17, 15) is 19.3 Å². The van der Waals surface area contributed by atoms with Gasteiger partial charge in [-0.15, -0.1) is 0 Å². The van der Waals surface area contributed by atoms with E-state index in [-0.39, 0.29) is 29.6 Å². The zero-order valence-corrected chi connectivity index (χ0v) is 13.6. The van der Waals surface area contributed by atoms with Crippen molar-refractivity contribution in [3.8, 4) is 22.8 Å². The zero-order valence-electron chi connectivity index (χ0n) is 13.6. The third kappa shape index (κ3) is 3.44. The molecule has 1 aromatic heterocycles. The molecule has 0 aliphatic carbocycles. The molecule has 26 heavy (non-hydrogen) atoms. The highest BCUT2D eigenvalue weighted by molar-refractivity contribution is 5.94. The molecule has 0 saturated carbocycles. The van der Waals surface area contributed by atoms with Crippen LogP contribution in [0.3, 0.4) is 0 Å². The van der Waals surface area contributed by atoms with Crippen molar-refractivity contribution in [2.75, 3.05) is 6.61 Å². The Morgan fingerprint density at radius 2 is 1.77 bits per heavy atom. The Morgan fingerprint density at radius 3 is 2.35 bits per heavy atom. The second-order valence-corrected chi connectivity index (χ2v) is 5.23. The van der Waals surface area contributed by atoms with E-state index in [4.69, 9.17) is 9.15 Å². The lowest BCUT2D eigenvalue weighted by atomic mass is 10.1. The molecular weight excluding hydrogens is 343 g/mol. The maximum atomic E-state index is 13.1. The van der Waals surface area contributed by atoms with Gasteiger partial charge in [-0.25, -0.2) is 14.2 Å². The lowest BCUT2D eigenvalue weighted by Gasteiger charge is -2.01. The molecule has 0 radical (unpaired) electrons. The van der Waals surface area contributed by atoms with Crippen LogP contribution in [0, 0.1) is 15.9 Å². The van der Waals surface area contributed by atoms with Gasteiger partial charge in [0, 0.05) is 23.3 Å². The van der Waals surface area contributed by atoms with Gasteiger partial charge in [0.1, 0.15) is 5.82 Å². The van der Waals surface area contributed by atoms with Gasteiger partial charge in [0.15, 0.2) is 11.5 Å². The van der Waals surface area contributed by atoms with Crippen molar-refractivity contribution < 1.29 is 23.3 Å². The van der Waals surface area contributed by atoms with E-state index in [0.717, 1.165) is 0 Å². The van der Waals surface area contributed by atoms with Crippen LogP contribution in [0.25, 0.3) is 22.8 Å². The number of nitro benzene ring substituents is 1. The third-order valence-electron chi connectivity index (χ3n) is 3.53. The number of nitrogens with zero attached hydrogens (tertiary/aromatic N) is 2. The van der Waals surface area contributed by atoms with Crippen LogP contribution in [0.2, 0.25) is 0 Å². The number of carbonyl (C=O) groups excluding carboxylic acids is 1. The molecule has 0 fully saturated rings. The molecule has 0 N–H and O–H groups in total. The van der Waals surface area contributed by atoms with E-state index in [1.54, 1.807) is 6.92 Å². The molecule has 0 saturated heterocycles. The minimum Gasteiger partial charge on any atom is -0.461 e. The normalized spacial score (nSPS) is 10.5. The highest BCUT2D eigenvalue weighted by Gasteiger charge is 2.23. The number of non-ortho nitro benzene ring substituents is 1. The van der Waals surface area contributed by atoms with Crippen molar-refractivity contribution in [3.63, 3.8) is 0 Å². The largest absolute Gasteiger partial charge is 0.461 e. The van der Waals surface area contributed by atoms with Crippen LogP contribution in [-0.2, 0) is 4.74 Å². The van der Waals surface area contributed by atoms with E-state index in [1.807, 2.05) is 0 Å². The highest BCUT2D eigenvalue weighted by Crippen LogP contribution is 2.31. The molecule has 0 aliphatic heterocycles. The molecule has 3 aromatic rings. The van der Waals surface area contributed by atoms with Gasteiger partial charge >= 0.3 is 5.97 Å². The summed E-state index contributed by atoms with van der Waals surface area (Å²) < 4.78 is 23.8. The van der Waals surface area contributed by atoms with Gasteiger partial charge in [0.05, 0.1) is 11.5 Å². The summed E-state index contributed by atoms with van der Waals surface area (Å²) in [6.45, 7) is 1.81. The number of benzene rings is 2. The Labute approximate surface area is 147 Å². The minimum atomic E-state index is -0.682. The van der Waals surface area contributed by atoms with Crippen molar-refractivity contribution in [2.24, 2.45) is 0 Å². The third-order valence-corrected chi connectivity index (χ3v) is 3.53. The first-order chi connectivity index (χ1) is 12.5. The molecule has 0 atom stereocenters. The summed E-state index contributed by atoms with van der Waals surface area (Å²) in [7, 11) is 0. The monoisotopic (exact) mass is 356 g/mol. The van der Waals surface area contributed by atoms with Gasteiger partial charge in [-0.05, 0) is 43.3 Å². The van der Waals surface area contributed by atoms with Gasteiger partial charge in [-0.1, -0.05) is 0 Å². The fraction of sp³-hybridized carbons (Fsp3) is 0.111. The molecule has 0 amide bonds. The fourth-order valence-corrected chi connectivity index (χ4v) is 2.30. The molecule has 0 unspecified atom stereocenters. The molecule has 0 aliphatic rings. The predicted octanol–water partition coefficient (Wildman–Crippen LogP) is 4.23. The van der Waals surface area contributed by atoms with E-state index < -0.39 is 16.7 Å². The van der Waals surface area contributed by atoms with Crippen LogP contribution in [0.15, 0.2) is 52.9 Å². The van der Waals surface area contributed by atoms with Gasteiger partial charge < -0.3 is 9.15 Å². The Bertz CT molecular complexity index is 949. The van der Waals surface area contributed by atoms with Crippen LogP contribution in [0.1, 0.15) is 17.4 Å². The van der Waals surface area contributed by atoms with Gasteiger partial charge in [-0.2, -0.15) is 0 Å². The number of esters is 1. The smallest absolute Gasteiger partial charge is 0.361 e. The highest BCUT2D eigenvalue weighted by atomic mass is 19.1. The number of rotatable bonds is 5. The Kier molecular flexibility index (Phi) is 4.74. The number of halogens is 1. The average Bonchev–Trinajstić information content (AvgIpc) is 3.08. The van der Waals surface area contributed by atoms with Crippen LogP contribution < -0.4 is 0 Å². The van der Waals surface area contributed by atoms with E-state index >= 15 is 0 Å². The molecule has 0 bridgehead atoms. The average molecular weight is 356 g/mol. The summed E-state index contributed by atoms with van der Waals surface area (Å²) in [6, 6.07) is 10.9. The predicted molar refractivity (Wildman–Crippen MR) is 89.9 cm³/mol. The lowest BCUT2D eigenvalue weighted by Crippen LogP contribution is -2.06. The zero-order chi connectivity index (χ0) is 18.7. The Morgan fingerprint density at radius 1 is 1.15 bits per heavy atom. The molecular formula is C18H13FN2O5. The quantitative estimate of drug-likeness (QED) is 0.386. The minimum absolute atomic E-state index is 0.0555. The number of aromatic nitrogens is 1. The molecule has 0 spiro atoms. The second-order valence-electron chi connectivity index (χ2n) is 5.23. The summed E-state index contributed by atoms with van der Waals surface area (Å²) in [5.74, 6) is -0.862. The van der Waals surface area contributed by atoms with E-state index in [0.29, 0.717) is 11.1 Å². The SMILES string of the molecule is CCOC(=O)c1nc(-c2ccc(F)cc2)oc1-c1ccc([N+](=O)[O-])cc1. The molecule has 8 heteroatoms. The van der Waals surface area contributed by atoms with Gasteiger partial charge in [0.25, 0.3) is 5.69 Å². The molecule has 1 heterocycles. The van der Waals surface area contributed by atoms with Crippen molar-refractivity contribution in [3.05, 3.63) is 70.2 Å². The fourth-order valence-electron chi connectivity index (χ4n) is 2.30. The van der Waals surface area contributed by atoms with Gasteiger partial charge in [-0.3, -0.25) is 10.1 Å². The molecule has 7 nitrogen and oxygen atoms in total. The van der Waals surface area contributed by atoms with Crippen molar-refractivity contribution in [2.45, 2.75) is 6.92 Å². The Hall–Kier alpha value is -3.55. The summed E-state index contributed by atoms with van der Waals surface area (Å²) in [5.41, 5.74) is 0.759. The topological polar surface area (TPSA) is 95.5 Å².